The fraction of sp³-hybridized carbons (Fsp3) is 1.00. The van der Waals surface area contributed by atoms with Gasteiger partial charge in [-0.1, -0.05) is 0 Å². The van der Waals surface area contributed by atoms with Crippen molar-refractivity contribution in [3.8, 4) is 0 Å². The molecule has 9 heteroatoms. The van der Waals surface area contributed by atoms with Crippen LogP contribution in [0.3, 0.4) is 0 Å². The van der Waals surface area contributed by atoms with Gasteiger partial charge in [0.25, 0.3) is 5.09 Å². The van der Waals surface area contributed by atoms with Crippen LogP contribution in [0.25, 0.3) is 0 Å². The summed E-state index contributed by atoms with van der Waals surface area (Å²) < 4.78 is 20.9. The lowest BCUT2D eigenvalue weighted by Crippen LogP contribution is -2.63. The van der Waals surface area contributed by atoms with Crippen molar-refractivity contribution in [1.82, 2.24) is 0 Å². The van der Waals surface area contributed by atoms with Gasteiger partial charge in [0.2, 0.25) is 0 Å². The maximum absolute atomic E-state index is 10.5. The zero-order valence-electron chi connectivity index (χ0n) is 9.92. The Morgan fingerprint density at radius 2 is 2.17 bits per heavy atom. The van der Waals surface area contributed by atoms with E-state index in [1.165, 1.54) is 7.11 Å². The van der Waals surface area contributed by atoms with Crippen molar-refractivity contribution < 1.29 is 34.0 Å². The number of rotatable bonds is 3. The first-order chi connectivity index (χ1) is 8.52. The van der Waals surface area contributed by atoms with Gasteiger partial charge in [-0.25, -0.2) is 0 Å². The second kappa shape index (κ2) is 5.33. The summed E-state index contributed by atoms with van der Waals surface area (Å²) in [4.78, 5) is 15.0. The van der Waals surface area contributed by atoms with E-state index in [4.69, 9.17) is 18.9 Å². The van der Waals surface area contributed by atoms with Crippen molar-refractivity contribution in [3.63, 3.8) is 0 Å². The first kappa shape index (κ1) is 13.4. The van der Waals surface area contributed by atoms with E-state index in [1.54, 1.807) is 6.92 Å². The van der Waals surface area contributed by atoms with Crippen LogP contribution in [-0.4, -0.2) is 60.9 Å². The van der Waals surface area contributed by atoms with E-state index in [0.717, 1.165) is 0 Å². The molecule has 9 nitrogen and oxygen atoms in total. The number of ether oxygens (including phenoxy) is 4. The molecule has 2 heterocycles. The van der Waals surface area contributed by atoms with Crippen molar-refractivity contribution in [2.24, 2.45) is 0 Å². The van der Waals surface area contributed by atoms with Crippen LogP contribution in [-0.2, 0) is 23.8 Å². The Kier molecular flexibility index (Phi) is 3.97. The summed E-state index contributed by atoms with van der Waals surface area (Å²) in [6.45, 7) is 1.84. The molecule has 2 saturated heterocycles. The molecule has 0 bridgehead atoms. The third-order valence-electron chi connectivity index (χ3n) is 2.90. The molecule has 1 N–H and O–H groups in total. The molecule has 1 unspecified atom stereocenters. The Hall–Kier alpha value is -1.00. The van der Waals surface area contributed by atoms with Crippen LogP contribution in [0.1, 0.15) is 6.92 Å². The van der Waals surface area contributed by atoms with Gasteiger partial charge in [0.05, 0.1) is 6.61 Å². The van der Waals surface area contributed by atoms with Crippen molar-refractivity contribution in [2.75, 3.05) is 13.7 Å². The zero-order chi connectivity index (χ0) is 13.3. The van der Waals surface area contributed by atoms with Crippen LogP contribution in [0, 0.1) is 10.1 Å². The highest BCUT2D eigenvalue weighted by Crippen LogP contribution is 2.30. The van der Waals surface area contributed by atoms with Crippen LogP contribution < -0.4 is 0 Å². The van der Waals surface area contributed by atoms with Crippen LogP contribution in [0.2, 0.25) is 0 Å². The smallest absolute Gasteiger partial charge is 0.294 e. The summed E-state index contributed by atoms with van der Waals surface area (Å²) in [6.07, 6.45) is -5.40. The molecular formula is C9H15NO8. The molecule has 2 rings (SSSR count). The van der Waals surface area contributed by atoms with Gasteiger partial charge in [0.15, 0.2) is 18.7 Å². The molecule has 0 aliphatic carbocycles. The zero-order valence-corrected chi connectivity index (χ0v) is 9.92. The van der Waals surface area contributed by atoms with Crippen molar-refractivity contribution in [3.05, 3.63) is 10.1 Å². The summed E-state index contributed by atoms with van der Waals surface area (Å²) in [5, 5.41) is 19.4. The monoisotopic (exact) mass is 265 g/mol. The molecule has 104 valence electrons. The second-order valence-corrected chi connectivity index (χ2v) is 4.06. The molecule has 2 fully saturated rings. The Bertz CT molecular complexity index is 313. The molecule has 0 amide bonds. The maximum Gasteiger partial charge on any atom is 0.294 e. The number of aliphatic hydroxyl groups is 1. The van der Waals surface area contributed by atoms with Gasteiger partial charge in [-0.05, 0) is 6.92 Å². The summed E-state index contributed by atoms with van der Waals surface area (Å²) in [5.41, 5.74) is 0. The average Bonchev–Trinajstić information content (AvgIpc) is 2.32. The highest BCUT2D eigenvalue weighted by Gasteiger charge is 2.50. The molecule has 0 aromatic heterocycles. The number of fused-ring (bicyclic) bond motifs is 1. The fourth-order valence-corrected chi connectivity index (χ4v) is 2.10. The Balaban J connectivity index is 2.16. The molecule has 0 spiro atoms. The first-order valence-corrected chi connectivity index (χ1v) is 5.47. The summed E-state index contributed by atoms with van der Waals surface area (Å²) >= 11 is 0. The summed E-state index contributed by atoms with van der Waals surface area (Å²) in [5.74, 6) is 0. The van der Waals surface area contributed by atoms with E-state index in [9.17, 15) is 15.2 Å². The summed E-state index contributed by atoms with van der Waals surface area (Å²) in [7, 11) is 1.32. The van der Waals surface area contributed by atoms with Gasteiger partial charge >= 0.3 is 0 Å². The molecule has 0 aromatic rings. The van der Waals surface area contributed by atoms with E-state index in [1.807, 2.05) is 0 Å². The molecule has 6 atom stereocenters. The lowest BCUT2D eigenvalue weighted by Gasteiger charge is -2.45. The average molecular weight is 265 g/mol. The summed E-state index contributed by atoms with van der Waals surface area (Å²) in [6, 6.07) is 0. The highest BCUT2D eigenvalue weighted by atomic mass is 17.0. The van der Waals surface area contributed by atoms with E-state index >= 15 is 0 Å². The van der Waals surface area contributed by atoms with Gasteiger partial charge in [0.1, 0.15) is 18.3 Å². The Morgan fingerprint density at radius 3 is 2.78 bits per heavy atom. The van der Waals surface area contributed by atoms with Crippen LogP contribution in [0.5, 0.6) is 0 Å². The number of nitrogens with zero attached hydrogens (tertiary/aromatic N) is 1. The number of aliphatic hydroxyl groups excluding tert-OH is 1. The maximum atomic E-state index is 10.5. The minimum Gasteiger partial charge on any atom is -0.385 e. The van der Waals surface area contributed by atoms with Crippen molar-refractivity contribution >= 4 is 0 Å². The van der Waals surface area contributed by atoms with Crippen molar-refractivity contribution in [2.45, 2.75) is 43.9 Å². The number of hydrogen-bond donors (Lipinski definition) is 1. The molecular weight excluding hydrogens is 250 g/mol. The topological polar surface area (TPSA) is 110 Å². The van der Waals surface area contributed by atoms with Gasteiger partial charge in [-0.2, -0.15) is 0 Å². The van der Waals surface area contributed by atoms with Crippen LogP contribution in [0.15, 0.2) is 0 Å². The SMILES string of the molecule is CO[C@H]1O[C@@H]2COC(C)O[C@H]2[C@H](O[N+](=O)[O-])[C@H]1O. The molecule has 0 radical (unpaired) electrons. The third kappa shape index (κ3) is 2.54. The van der Waals surface area contributed by atoms with Gasteiger partial charge in [0, 0.05) is 7.11 Å². The predicted molar refractivity (Wildman–Crippen MR) is 53.8 cm³/mol. The molecule has 0 saturated carbocycles. The minimum atomic E-state index is -1.31. The largest absolute Gasteiger partial charge is 0.385 e. The lowest BCUT2D eigenvalue weighted by molar-refractivity contribution is -0.775. The standard InChI is InChI=1S/C9H15NO8/c1-4-15-3-5-7(16-4)8(18-10(12)13)6(11)9(14-2)17-5/h4-9,11H,3H2,1-2H3/t4?,5-,6-,7-,8-,9+/m1/s1. The Morgan fingerprint density at radius 1 is 1.44 bits per heavy atom. The van der Waals surface area contributed by atoms with E-state index in [2.05, 4.69) is 4.84 Å². The van der Waals surface area contributed by atoms with Crippen LogP contribution >= 0.6 is 0 Å². The number of methoxy groups -OCH3 is 1. The molecule has 2 aliphatic heterocycles. The normalized spacial score (nSPS) is 44.2. The van der Waals surface area contributed by atoms with E-state index in [0.29, 0.717) is 0 Å². The number of hydrogen-bond acceptors (Lipinski definition) is 8. The fourth-order valence-electron chi connectivity index (χ4n) is 2.10. The van der Waals surface area contributed by atoms with E-state index in [-0.39, 0.29) is 6.61 Å². The van der Waals surface area contributed by atoms with Crippen molar-refractivity contribution in [1.29, 1.82) is 0 Å². The molecule has 2 aliphatic rings. The van der Waals surface area contributed by atoms with Gasteiger partial charge < -0.3 is 28.9 Å². The third-order valence-corrected chi connectivity index (χ3v) is 2.90. The van der Waals surface area contributed by atoms with E-state index < -0.39 is 42.1 Å². The lowest BCUT2D eigenvalue weighted by atomic mass is 9.98. The Labute approximate surface area is 103 Å². The molecule has 0 aromatic carbocycles. The van der Waals surface area contributed by atoms with Gasteiger partial charge in [-0.15, -0.1) is 10.1 Å². The second-order valence-electron chi connectivity index (χ2n) is 4.06. The van der Waals surface area contributed by atoms with Gasteiger partial charge in [-0.3, -0.25) is 0 Å². The quantitative estimate of drug-likeness (QED) is 0.514. The minimum absolute atomic E-state index is 0.190. The van der Waals surface area contributed by atoms with Crippen LogP contribution in [0.4, 0.5) is 0 Å². The molecule has 18 heavy (non-hydrogen) atoms. The predicted octanol–water partition coefficient (Wildman–Crippen LogP) is -0.943. The first-order valence-electron chi connectivity index (χ1n) is 5.47. The highest BCUT2D eigenvalue weighted by molar-refractivity contribution is 4.92.